The van der Waals surface area contributed by atoms with Gasteiger partial charge in [0.2, 0.25) is 0 Å². The van der Waals surface area contributed by atoms with E-state index in [1.807, 2.05) is 0 Å². The largest absolute Gasteiger partial charge is 0.393 e. The molecule has 0 aliphatic rings. The summed E-state index contributed by atoms with van der Waals surface area (Å²) in [5, 5.41) is 8.51. The highest BCUT2D eigenvalue weighted by molar-refractivity contribution is 5.28. The van der Waals surface area contributed by atoms with Gasteiger partial charge in [-0.25, -0.2) is 8.78 Å². The Bertz CT molecular complexity index is 273. The molecule has 1 aromatic carbocycles. The van der Waals surface area contributed by atoms with Crippen LogP contribution in [0.4, 0.5) is 8.78 Å². The average Bonchev–Trinajstić information content (AvgIpc) is 2.03. The fraction of sp³-hybridized carbons (Fsp3) is 0.333. The van der Waals surface area contributed by atoms with Crippen molar-refractivity contribution in [2.75, 3.05) is 6.61 Å². The van der Waals surface area contributed by atoms with E-state index >= 15 is 0 Å². The molecule has 0 aliphatic carbocycles. The predicted molar refractivity (Wildman–Crippen MR) is 42.1 cm³/mol. The molecule has 0 aromatic heterocycles. The van der Waals surface area contributed by atoms with E-state index in [0.717, 1.165) is 0 Å². The lowest BCUT2D eigenvalue weighted by atomic mass is 10.1. The standard InChI is InChI=1S/C9H10F2O/c1-6-4-7(10)2-3-8(6)9(11)5-12/h2-4,9,12H,5H2,1H3. The maximum absolute atomic E-state index is 12.9. The Labute approximate surface area is 69.7 Å². The van der Waals surface area contributed by atoms with Crippen LogP contribution in [0.3, 0.4) is 0 Å². The number of aliphatic hydroxyl groups is 1. The van der Waals surface area contributed by atoms with Crippen molar-refractivity contribution >= 4 is 0 Å². The summed E-state index contributed by atoms with van der Waals surface area (Å²) >= 11 is 0. The molecule has 1 N–H and O–H groups in total. The van der Waals surface area contributed by atoms with Crippen LogP contribution < -0.4 is 0 Å². The molecule has 0 saturated carbocycles. The number of aryl methyl sites for hydroxylation is 1. The van der Waals surface area contributed by atoms with Gasteiger partial charge in [0.25, 0.3) is 0 Å². The first kappa shape index (κ1) is 9.13. The Balaban J connectivity index is 3.01. The second-order valence-electron chi connectivity index (χ2n) is 2.65. The number of benzene rings is 1. The fourth-order valence-corrected chi connectivity index (χ4v) is 1.09. The normalized spacial score (nSPS) is 13.0. The highest BCUT2D eigenvalue weighted by atomic mass is 19.1. The summed E-state index contributed by atoms with van der Waals surface area (Å²) < 4.78 is 25.4. The Morgan fingerprint density at radius 1 is 1.50 bits per heavy atom. The molecule has 0 radical (unpaired) electrons. The zero-order valence-electron chi connectivity index (χ0n) is 6.72. The molecular weight excluding hydrogens is 162 g/mol. The van der Waals surface area contributed by atoms with Gasteiger partial charge in [-0.2, -0.15) is 0 Å². The Morgan fingerprint density at radius 2 is 2.17 bits per heavy atom. The average molecular weight is 172 g/mol. The van der Waals surface area contributed by atoms with Crippen LogP contribution in [-0.4, -0.2) is 11.7 Å². The molecular formula is C9H10F2O. The van der Waals surface area contributed by atoms with Crippen LogP contribution in [0.5, 0.6) is 0 Å². The summed E-state index contributed by atoms with van der Waals surface area (Å²) in [6.07, 6.45) is -1.41. The monoisotopic (exact) mass is 172 g/mol. The van der Waals surface area contributed by atoms with Gasteiger partial charge in [0.1, 0.15) is 12.0 Å². The molecule has 1 nitrogen and oxygen atoms in total. The van der Waals surface area contributed by atoms with E-state index in [0.29, 0.717) is 11.1 Å². The van der Waals surface area contributed by atoms with Crippen molar-refractivity contribution in [2.24, 2.45) is 0 Å². The lowest BCUT2D eigenvalue weighted by Crippen LogP contribution is -1.99. The molecule has 0 fully saturated rings. The van der Waals surface area contributed by atoms with Gasteiger partial charge in [-0.15, -0.1) is 0 Å². The summed E-state index contributed by atoms with van der Waals surface area (Å²) in [4.78, 5) is 0. The van der Waals surface area contributed by atoms with Gasteiger partial charge >= 0.3 is 0 Å². The molecule has 0 spiro atoms. The summed E-state index contributed by atoms with van der Waals surface area (Å²) in [6.45, 7) is 1.05. The molecule has 1 aromatic rings. The van der Waals surface area contributed by atoms with Crippen LogP contribution in [0, 0.1) is 12.7 Å². The van der Waals surface area contributed by atoms with Crippen molar-refractivity contribution in [1.29, 1.82) is 0 Å². The van der Waals surface area contributed by atoms with Gasteiger partial charge in [-0.05, 0) is 30.2 Å². The van der Waals surface area contributed by atoms with Crippen molar-refractivity contribution in [3.8, 4) is 0 Å². The van der Waals surface area contributed by atoms with Crippen LogP contribution >= 0.6 is 0 Å². The SMILES string of the molecule is Cc1cc(F)ccc1C(F)CO. The first-order chi connectivity index (χ1) is 5.65. The molecule has 0 aliphatic heterocycles. The minimum Gasteiger partial charge on any atom is -0.393 e. The molecule has 1 unspecified atom stereocenters. The smallest absolute Gasteiger partial charge is 0.148 e. The third-order valence-corrected chi connectivity index (χ3v) is 1.73. The van der Waals surface area contributed by atoms with Gasteiger partial charge in [0.05, 0.1) is 6.61 Å². The minimum absolute atomic E-state index is 0.346. The van der Waals surface area contributed by atoms with Crippen LogP contribution in [0.1, 0.15) is 17.3 Å². The van der Waals surface area contributed by atoms with Gasteiger partial charge in [0.15, 0.2) is 0 Å². The van der Waals surface area contributed by atoms with Gasteiger partial charge in [0, 0.05) is 0 Å². The zero-order chi connectivity index (χ0) is 9.14. The highest BCUT2D eigenvalue weighted by Gasteiger charge is 2.10. The molecule has 1 rings (SSSR count). The summed E-state index contributed by atoms with van der Waals surface area (Å²) in [5.74, 6) is -0.388. The number of hydrogen-bond acceptors (Lipinski definition) is 1. The van der Waals surface area contributed by atoms with Crippen LogP contribution in [0.25, 0.3) is 0 Å². The zero-order valence-corrected chi connectivity index (χ0v) is 6.72. The molecule has 0 bridgehead atoms. The fourth-order valence-electron chi connectivity index (χ4n) is 1.09. The molecule has 0 saturated heterocycles. The predicted octanol–water partition coefficient (Wildman–Crippen LogP) is 2.14. The first-order valence-electron chi connectivity index (χ1n) is 3.66. The van der Waals surface area contributed by atoms with Crippen molar-refractivity contribution in [3.05, 3.63) is 35.1 Å². The Morgan fingerprint density at radius 3 is 2.67 bits per heavy atom. The maximum Gasteiger partial charge on any atom is 0.148 e. The lowest BCUT2D eigenvalue weighted by molar-refractivity contribution is 0.179. The van der Waals surface area contributed by atoms with E-state index in [1.165, 1.54) is 18.2 Å². The maximum atomic E-state index is 12.9. The number of halogens is 2. The quantitative estimate of drug-likeness (QED) is 0.724. The van der Waals surface area contributed by atoms with Gasteiger partial charge in [-0.1, -0.05) is 6.07 Å². The summed E-state index contributed by atoms with van der Waals surface area (Å²) in [5.41, 5.74) is 0.871. The molecule has 0 amide bonds. The second-order valence-corrected chi connectivity index (χ2v) is 2.65. The molecule has 1 atom stereocenters. The van der Waals surface area contributed by atoms with E-state index in [2.05, 4.69) is 0 Å². The first-order valence-corrected chi connectivity index (χ1v) is 3.66. The van der Waals surface area contributed by atoms with Crippen LogP contribution in [0.15, 0.2) is 18.2 Å². The third-order valence-electron chi connectivity index (χ3n) is 1.73. The number of alkyl halides is 1. The Hall–Kier alpha value is -0.960. The van der Waals surface area contributed by atoms with Crippen molar-refractivity contribution < 1.29 is 13.9 Å². The van der Waals surface area contributed by atoms with Crippen molar-refractivity contribution in [1.82, 2.24) is 0 Å². The van der Waals surface area contributed by atoms with E-state index in [-0.39, 0.29) is 5.82 Å². The highest BCUT2D eigenvalue weighted by Crippen LogP contribution is 2.20. The number of aliphatic hydroxyl groups excluding tert-OH is 1. The lowest BCUT2D eigenvalue weighted by Gasteiger charge is -2.07. The van der Waals surface area contributed by atoms with E-state index in [9.17, 15) is 8.78 Å². The number of hydrogen-bond donors (Lipinski definition) is 1. The van der Waals surface area contributed by atoms with Crippen LogP contribution in [-0.2, 0) is 0 Å². The third kappa shape index (κ3) is 1.80. The Kier molecular flexibility index (Phi) is 2.76. The second kappa shape index (κ2) is 3.63. The van der Waals surface area contributed by atoms with Crippen molar-refractivity contribution in [3.63, 3.8) is 0 Å². The molecule has 66 valence electrons. The molecule has 3 heteroatoms. The van der Waals surface area contributed by atoms with Crippen LogP contribution in [0.2, 0.25) is 0 Å². The van der Waals surface area contributed by atoms with E-state index in [1.54, 1.807) is 6.92 Å². The minimum atomic E-state index is -1.41. The number of rotatable bonds is 2. The van der Waals surface area contributed by atoms with Crippen molar-refractivity contribution in [2.45, 2.75) is 13.1 Å². The molecule has 12 heavy (non-hydrogen) atoms. The van der Waals surface area contributed by atoms with E-state index < -0.39 is 12.8 Å². The summed E-state index contributed by atoms with van der Waals surface area (Å²) in [6, 6.07) is 3.79. The molecule has 0 heterocycles. The van der Waals surface area contributed by atoms with E-state index in [4.69, 9.17) is 5.11 Å². The summed E-state index contributed by atoms with van der Waals surface area (Å²) in [7, 11) is 0. The van der Waals surface area contributed by atoms with Gasteiger partial charge < -0.3 is 5.11 Å². The van der Waals surface area contributed by atoms with Gasteiger partial charge in [-0.3, -0.25) is 0 Å². The topological polar surface area (TPSA) is 20.2 Å².